The van der Waals surface area contributed by atoms with Crippen LogP contribution in [0.25, 0.3) is 0 Å². The third-order valence-electron chi connectivity index (χ3n) is 4.98. The standard InChI is InChI=1S/C26H24O4/c1-17(27)21-9-7-20(8-10-21)15-26(29)24-5-4-6-25(16-24)30-19(3)23-13-11-22(12-14-23)18(2)28/h4-14,16,19H,15H2,1-3H3/t19-/m1/s1. The van der Waals surface area contributed by atoms with E-state index in [4.69, 9.17) is 4.74 Å². The zero-order valence-corrected chi connectivity index (χ0v) is 17.3. The van der Waals surface area contributed by atoms with E-state index in [1.165, 1.54) is 13.8 Å². The highest BCUT2D eigenvalue weighted by Crippen LogP contribution is 2.23. The Morgan fingerprint density at radius 2 is 1.33 bits per heavy atom. The molecule has 0 spiro atoms. The third-order valence-corrected chi connectivity index (χ3v) is 4.98. The van der Waals surface area contributed by atoms with Crippen LogP contribution in [0.1, 0.15) is 69.1 Å². The monoisotopic (exact) mass is 400 g/mol. The van der Waals surface area contributed by atoms with E-state index in [0.717, 1.165) is 11.1 Å². The van der Waals surface area contributed by atoms with Crippen LogP contribution in [0.4, 0.5) is 0 Å². The van der Waals surface area contributed by atoms with Crippen LogP contribution < -0.4 is 4.74 Å². The molecule has 0 saturated heterocycles. The molecular formula is C26H24O4. The van der Waals surface area contributed by atoms with Gasteiger partial charge in [0.05, 0.1) is 0 Å². The quantitative estimate of drug-likeness (QED) is 0.458. The summed E-state index contributed by atoms with van der Waals surface area (Å²) < 4.78 is 6.01. The molecule has 1 atom stereocenters. The van der Waals surface area contributed by atoms with E-state index in [9.17, 15) is 14.4 Å². The van der Waals surface area contributed by atoms with Crippen LogP contribution in [0.5, 0.6) is 5.75 Å². The van der Waals surface area contributed by atoms with Crippen molar-refractivity contribution in [3.8, 4) is 5.75 Å². The Balaban J connectivity index is 1.68. The van der Waals surface area contributed by atoms with Gasteiger partial charge in [0.2, 0.25) is 0 Å². The summed E-state index contributed by atoms with van der Waals surface area (Å²) in [6, 6.07) is 21.5. The van der Waals surface area contributed by atoms with E-state index in [1.807, 2.05) is 37.3 Å². The summed E-state index contributed by atoms with van der Waals surface area (Å²) >= 11 is 0. The number of hydrogen-bond donors (Lipinski definition) is 0. The largest absolute Gasteiger partial charge is 0.486 e. The van der Waals surface area contributed by atoms with E-state index in [-0.39, 0.29) is 29.9 Å². The average Bonchev–Trinajstić information content (AvgIpc) is 2.74. The molecule has 0 bridgehead atoms. The van der Waals surface area contributed by atoms with Crippen LogP contribution in [-0.4, -0.2) is 17.3 Å². The molecule has 0 radical (unpaired) electrons. The Labute approximate surface area is 176 Å². The predicted molar refractivity (Wildman–Crippen MR) is 116 cm³/mol. The number of ketones is 3. The van der Waals surface area contributed by atoms with E-state index < -0.39 is 0 Å². The van der Waals surface area contributed by atoms with Gasteiger partial charge in [-0.15, -0.1) is 0 Å². The molecule has 0 unspecified atom stereocenters. The molecule has 0 aromatic heterocycles. The van der Waals surface area contributed by atoms with Crippen molar-refractivity contribution in [2.75, 3.05) is 0 Å². The van der Waals surface area contributed by atoms with Gasteiger partial charge in [-0.25, -0.2) is 0 Å². The van der Waals surface area contributed by atoms with Gasteiger partial charge in [-0.3, -0.25) is 14.4 Å². The molecule has 0 saturated carbocycles. The normalized spacial score (nSPS) is 11.6. The van der Waals surface area contributed by atoms with Crippen LogP contribution in [0.3, 0.4) is 0 Å². The summed E-state index contributed by atoms with van der Waals surface area (Å²) in [5.74, 6) is 0.616. The van der Waals surface area contributed by atoms with Gasteiger partial charge in [0.15, 0.2) is 17.3 Å². The molecule has 0 N–H and O–H groups in total. The van der Waals surface area contributed by atoms with E-state index in [0.29, 0.717) is 22.4 Å². The molecule has 0 fully saturated rings. The number of benzene rings is 3. The van der Waals surface area contributed by atoms with Crippen LogP contribution in [-0.2, 0) is 6.42 Å². The first kappa shape index (κ1) is 21.2. The summed E-state index contributed by atoms with van der Waals surface area (Å²) in [7, 11) is 0. The Kier molecular flexibility index (Phi) is 6.58. The smallest absolute Gasteiger partial charge is 0.167 e. The van der Waals surface area contributed by atoms with Gasteiger partial charge in [0.25, 0.3) is 0 Å². The molecule has 0 amide bonds. The van der Waals surface area contributed by atoms with Crippen LogP contribution in [0, 0.1) is 0 Å². The zero-order chi connectivity index (χ0) is 21.7. The van der Waals surface area contributed by atoms with Gasteiger partial charge < -0.3 is 4.74 Å². The number of carbonyl (C=O) groups excluding carboxylic acids is 3. The van der Waals surface area contributed by atoms with Gasteiger partial charge >= 0.3 is 0 Å². The lowest BCUT2D eigenvalue weighted by Crippen LogP contribution is -2.06. The fourth-order valence-electron chi connectivity index (χ4n) is 3.15. The summed E-state index contributed by atoms with van der Waals surface area (Å²) in [6.45, 7) is 4.98. The first-order valence-corrected chi connectivity index (χ1v) is 9.84. The lowest BCUT2D eigenvalue weighted by atomic mass is 10.0. The Hall–Kier alpha value is -3.53. The predicted octanol–water partition coefficient (Wildman–Crippen LogP) is 5.66. The maximum atomic E-state index is 12.7. The molecule has 4 nitrogen and oxygen atoms in total. The minimum atomic E-state index is -0.226. The fourth-order valence-corrected chi connectivity index (χ4v) is 3.15. The summed E-state index contributed by atoms with van der Waals surface area (Å²) in [5.41, 5.74) is 3.67. The highest BCUT2D eigenvalue weighted by Gasteiger charge is 2.12. The lowest BCUT2D eigenvalue weighted by Gasteiger charge is -2.16. The number of Topliss-reactive ketones (excluding diaryl/α,β-unsaturated/α-hetero) is 3. The molecule has 3 rings (SSSR count). The summed E-state index contributed by atoms with van der Waals surface area (Å²) in [5, 5.41) is 0. The van der Waals surface area contributed by atoms with Crippen molar-refractivity contribution in [3.05, 3.63) is 101 Å². The number of carbonyl (C=O) groups is 3. The molecular weight excluding hydrogens is 376 g/mol. The lowest BCUT2D eigenvalue weighted by molar-refractivity contribution is 0.0989. The fraction of sp³-hybridized carbons (Fsp3) is 0.192. The van der Waals surface area contributed by atoms with Crippen molar-refractivity contribution < 1.29 is 19.1 Å². The Bertz CT molecular complexity index is 1060. The minimum Gasteiger partial charge on any atom is -0.486 e. The van der Waals surface area contributed by atoms with E-state index >= 15 is 0 Å². The second kappa shape index (κ2) is 9.31. The van der Waals surface area contributed by atoms with Crippen molar-refractivity contribution in [2.24, 2.45) is 0 Å². The van der Waals surface area contributed by atoms with E-state index in [2.05, 4.69) is 0 Å². The van der Waals surface area contributed by atoms with Crippen LogP contribution in [0.2, 0.25) is 0 Å². The van der Waals surface area contributed by atoms with Crippen molar-refractivity contribution in [1.82, 2.24) is 0 Å². The topological polar surface area (TPSA) is 60.4 Å². The van der Waals surface area contributed by atoms with Crippen molar-refractivity contribution >= 4 is 17.3 Å². The molecule has 3 aromatic rings. The molecule has 0 aliphatic carbocycles. The number of rotatable bonds is 8. The van der Waals surface area contributed by atoms with Gasteiger partial charge in [0.1, 0.15) is 11.9 Å². The molecule has 0 heterocycles. The number of ether oxygens (including phenoxy) is 1. The van der Waals surface area contributed by atoms with Gasteiger partial charge in [-0.05, 0) is 44.0 Å². The van der Waals surface area contributed by atoms with Crippen LogP contribution >= 0.6 is 0 Å². The maximum Gasteiger partial charge on any atom is 0.167 e. The van der Waals surface area contributed by atoms with Gasteiger partial charge in [0, 0.05) is 23.1 Å². The summed E-state index contributed by atoms with van der Waals surface area (Å²) in [6.07, 6.45) is 0.0273. The first-order chi connectivity index (χ1) is 14.3. The molecule has 152 valence electrons. The highest BCUT2D eigenvalue weighted by molar-refractivity contribution is 5.98. The molecule has 0 aliphatic heterocycles. The van der Waals surface area contributed by atoms with Gasteiger partial charge in [-0.2, -0.15) is 0 Å². The van der Waals surface area contributed by atoms with Gasteiger partial charge in [-0.1, -0.05) is 60.7 Å². The summed E-state index contributed by atoms with van der Waals surface area (Å²) in [4.78, 5) is 35.5. The SMILES string of the molecule is CC(=O)c1ccc(CC(=O)c2cccc(O[C@H](C)c3ccc(C(C)=O)cc3)c2)cc1. The molecule has 30 heavy (non-hydrogen) atoms. The zero-order valence-electron chi connectivity index (χ0n) is 17.3. The third kappa shape index (κ3) is 5.29. The highest BCUT2D eigenvalue weighted by atomic mass is 16.5. The Morgan fingerprint density at radius 3 is 1.90 bits per heavy atom. The van der Waals surface area contributed by atoms with E-state index in [1.54, 1.807) is 42.5 Å². The second-order valence-corrected chi connectivity index (χ2v) is 7.32. The minimum absolute atomic E-state index is 0.00257. The molecule has 3 aromatic carbocycles. The van der Waals surface area contributed by atoms with Crippen molar-refractivity contribution in [2.45, 2.75) is 33.3 Å². The number of hydrogen-bond acceptors (Lipinski definition) is 4. The molecule has 0 aliphatic rings. The maximum absolute atomic E-state index is 12.7. The Morgan fingerprint density at radius 1 is 0.767 bits per heavy atom. The second-order valence-electron chi connectivity index (χ2n) is 7.32. The first-order valence-electron chi connectivity index (χ1n) is 9.84. The van der Waals surface area contributed by atoms with Crippen molar-refractivity contribution in [3.63, 3.8) is 0 Å². The average molecular weight is 400 g/mol. The van der Waals surface area contributed by atoms with Crippen LogP contribution in [0.15, 0.2) is 72.8 Å². The molecule has 4 heteroatoms. The van der Waals surface area contributed by atoms with Crippen molar-refractivity contribution in [1.29, 1.82) is 0 Å².